The van der Waals surface area contributed by atoms with Crippen molar-refractivity contribution < 1.29 is 14.3 Å². The van der Waals surface area contributed by atoms with E-state index in [-0.39, 0.29) is 11.6 Å². The lowest BCUT2D eigenvalue weighted by Crippen LogP contribution is -2.26. The first-order valence-electron chi connectivity index (χ1n) is 8.82. The molecule has 0 aliphatic rings. The van der Waals surface area contributed by atoms with Gasteiger partial charge in [-0.1, -0.05) is 12.1 Å². The molecule has 144 valence electrons. The number of nitrogens with one attached hydrogen (secondary N) is 2. The number of methoxy groups -OCH3 is 2. The van der Waals surface area contributed by atoms with Crippen molar-refractivity contribution in [3.8, 4) is 11.5 Å². The van der Waals surface area contributed by atoms with Gasteiger partial charge in [-0.3, -0.25) is 4.79 Å². The second-order valence-electron chi connectivity index (χ2n) is 6.00. The molecule has 0 spiro atoms. The highest BCUT2D eigenvalue weighted by molar-refractivity contribution is 5.92. The molecule has 0 saturated heterocycles. The number of hydrogen-bond donors (Lipinski definition) is 2. The third kappa shape index (κ3) is 5.20. The standard InChI is InChI=1S/C21H22N4O3/c1-27-17-8-6-16(7-9-17)25-20-14-23-19(13-24-20)21(26)22-11-10-15-4-3-5-18(12-15)28-2/h3-9,12-14H,10-11H2,1-2H3,(H,22,26)(H,24,25). The van der Waals surface area contributed by atoms with E-state index in [0.29, 0.717) is 18.8 Å². The summed E-state index contributed by atoms with van der Waals surface area (Å²) < 4.78 is 10.3. The molecule has 3 aromatic rings. The second-order valence-corrected chi connectivity index (χ2v) is 6.00. The highest BCUT2D eigenvalue weighted by Crippen LogP contribution is 2.18. The molecule has 0 aliphatic heterocycles. The highest BCUT2D eigenvalue weighted by Gasteiger charge is 2.08. The Bertz CT molecular complexity index is 912. The van der Waals surface area contributed by atoms with Crippen LogP contribution in [0.1, 0.15) is 16.1 Å². The van der Waals surface area contributed by atoms with Crippen LogP contribution in [-0.2, 0) is 6.42 Å². The fourth-order valence-corrected chi connectivity index (χ4v) is 2.57. The summed E-state index contributed by atoms with van der Waals surface area (Å²) in [6, 6.07) is 15.2. The SMILES string of the molecule is COc1ccc(Nc2cnc(C(=O)NCCc3cccc(OC)c3)cn2)cc1. The summed E-state index contributed by atoms with van der Waals surface area (Å²) in [6.07, 6.45) is 3.68. The van der Waals surface area contributed by atoms with E-state index in [2.05, 4.69) is 20.6 Å². The van der Waals surface area contributed by atoms with Crippen molar-refractivity contribution in [1.29, 1.82) is 0 Å². The molecule has 7 heteroatoms. The van der Waals surface area contributed by atoms with E-state index < -0.39 is 0 Å². The Morgan fingerprint density at radius 1 is 0.964 bits per heavy atom. The Morgan fingerprint density at radius 3 is 2.43 bits per heavy atom. The molecular weight excluding hydrogens is 356 g/mol. The summed E-state index contributed by atoms with van der Waals surface area (Å²) in [6.45, 7) is 0.500. The van der Waals surface area contributed by atoms with Gasteiger partial charge in [0, 0.05) is 12.2 Å². The van der Waals surface area contributed by atoms with E-state index in [9.17, 15) is 4.79 Å². The number of aromatic nitrogens is 2. The minimum absolute atomic E-state index is 0.258. The predicted octanol–water partition coefficient (Wildman–Crippen LogP) is 3.21. The molecule has 1 aromatic heterocycles. The third-order valence-corrected chi connectivity index (χ3v) is 4.08. The summed E-state index contributed by atoms with van der Waals surface area (Å²) >= 11 is 0. The Morgan fingerprint density at radius 2 is 1.75 bits per heavy atom. The molecule has 0 radical (unpaired) electrons. The first-order valence-corrected chi connectivity index (χ1v) is 8.82. The van der Waals surface area contributed by atoms with Crippen molar-refractivity contribution in [3.05, 3.63) is 72.2 Å². The van der Waals surface area contributed by atoms with Crippen molar-refractivity contribution >= 4 is 17.4 Å². The van der Waals surface area contributed by atoms with Gasteiger partial charge in [0.1, 0.15) is 23.0 Å². The zero-order valence-electron chi connectivity index (χ0n) is 15.8. The lowest BCUT2D eigenvalue weighted by Gasteiger charge is -2.08. The number of rotatable bonds is 8. The van der Waals surface area contributed by atoms with Gasteiger partial charge >= 0.3 is 0 Å². The van der Waals surface area contributed by atoms with Gasteiger partial charge in [0.2, 0.25) is 0 Å². The monoisotopic (exact) mass is 378 g/mol. The topological polar surface area (TPSA) is 85.4 Å². The van der Waals surface area contributed by atoms with Crippen LogP contribution in [0.2, 0.25) is 0 Å². The van der Waals surface area contributed by atoms with Crippen LogP contribution in [0.4, 0.5) is 11.5 Å². The van der Waals surface area contributed by atoms with Gasteiger partial charge in [-0.2, -0.15) is 0 Å². The Labute approximate surface area is 163 Å². The van der Waals surface area contributed by atoms with Crippen LogP contribution in [0, 0.1) is 0 Å². The van der Waals surface area contributed by atoms with Crippen LogP contribution in [0.25, 0.3) is 0 Å². The fourth-order valence-electron chi connectivity index (χ4n) is 2.57. The number of anilines is 2. The van der Waals surface area contributed by atoms with E-state index in [4.69, 9.17) is 9.47 Å². The van der Waals surface area contributed by atoms with E-state index >= 15 is 0 Å². The molecule has 0 bridgehead atoms. The summed E-state index contributed by atoms with van der Waals surface area (Å²) in [5, 5.41) is 5.97. The zero-order valence-corrected chi connectivity index (χ0v) is 15.8. The molecule has 2 N–H and O–H groups in total. The molecule has 28 heavy (non-hydrogen) atoms. The van der Waals surface area contributed by atoms with Gasteiger partial charge in [0.15, 0.2) is 0 Å². The van der Waals surface area contributed by atoms with Gasteiger partial charge < -0.3 is 20.1 Å². The number of amides is 1. The first-order chi connectivity index (χ1) is 13.7. The van der Waals surface area contributed by atoms with Gasteiger partial charge in [-0.15, -0.1) is 0 Å². The number of carbonyl (C=O) groups excluding carboxylic acids is 1. The van der Waals surface area contributed by atoms with Crippen molar-refractivity contribution in [2.45, 2.75) is 6.42 Å². The summed E-state index contributed by atoms with van der Waals surface area (Å²) in [5.74, 6) is 1.87. The van der Waals surface area contributed by atoms with Gasteiger partial charge in [-0.05, 0) is 48.4 Å². The summed E-state index contributed by atoms with van der Waals surface area (Å²) in [4.78, 5) is 20.6. The molecule has 0 fully saturated rings. The lowest BCUT2D eigenvalue weighted by atomic mass is 10.1. The number of carbonyl (C=O) groups is 1. The minimum Gasteiger partial charge on any atom is -0.497 e. The molecule has 0 atom stereocenters. The van der Waals surface area contributed by atoms with Crippen molar-refractivity contribution in [2.75, 3.05) is 26.1 Å². The molecule has 2 aromatic carbocycles. The fraction of sp³-hybridized carbons (Fsp3) is 0.190. The Kier molecular flexibility index (Phi) is 6.41. The van der Waals surface area contributed by atoms with Crippen molar-refractivity contribution in [2.24, 2.45) is 0 Å². The largest absolute Gasteiger partial charge is 0.497 e. The predicted molar refractivity (Wildman–Crippen MR) is 107 cm³/mol. The normalized spacial score (nSPS) is 10.2. The number of nitrogens with zero attached hydrogens (tertiary/aromatic N) is 2. The van der Waals surface area contributed by atoms with Crippen molar-refractivity contribution in [3.63, 3.8) is 0 Å². The molecule has 0 unspecified atom stereocenters. The Balaban J connectivity index is 1.51. The first kappa shape index (κ1) is 19.2. The smallest absolute Gasteiger partial charge is 0.271 e. The molecular formula is C21H22N4O3. The molecule has 3 rings (SSSR count). The molecule has 1 amide bonds. The van der Waals surface area contributed by atoms with Gasteiger partial charge in [-0.25, -0.2) is 9.97 Å². The molecule has 1 heterocycles. The van der Waals surface area contributed by atoms with Crippen LogP contribution >= 0.6 is 0 Å². The second kappa shape index (κ2) is 9.36. The van der Waals surface area contributed by atoms with Crippen LogP contribution in [-0.4, -0.2) is 36.6 Å². The van der Waals surface area contributed by atoms with E-state index in [1.165, 1.54) is 12.4 Å². The maximum atomic E-state index is 12.2. The van der Waals surface area contributed by atoms with Gasteiger partial charge in [0.05, 0.1) is 26.6 Å². The van der Waals surface area contributed by atoms with Crippen molar-refractivity contribution in [1.82, 2.24) is 15.3 Å². The quantitative estimate of drug-likeness (QED) is 0.626. The third-order valence-electron chi connectivity index (χ3n) is 4.08. The minimum atomic E-state index is -0.258. The maximum Gasteiger partial charge on any atom is 0.271 e. The number of ether oxygens (including phenoxy) is 2. The average molecular weight is 378 g/mol. The molecule has 0 saturated carbocycles. The lowest BCUT2D eigenvalue weighted by molar-refractivity contribution is 0.0949. The van der Waals surface area contributed by atoms with Crippen LogP contribution in [0.3, 0.4) is 0 Å². The van der Waals surface area contributed by atoms with Crippen LogP contribution in [0.15, 0.2) is 60.9 Å². The summed E-state index contributed by atoms with van der Waals surface area (Å²) in [7, 11) is 3.25. The average Bonchev–Trinajstić information content (AvgIpc) is 2.75. The van der Waals surface area contributed by atoms with Crippen LogP contribution in [0.5, 0.6) is 11.5 Å². The Hall–Kier alpha value is -3.61. The van der Waals surface area contributed by atoms with Crippen LogP contribution < -0.4 is 20.1 Å². The molecule has 7 nitrogen and oxygen atoms in total. The highest BCUT2D eigenvalue weighted by atomic mass is 16.5. The van der Waals surface area contributed by atoms with E-state index in [0.717, 1.165) is 22.7 Å². The van der Waals surface area contributed by atoms with E-state index in [1.807, 2.05) is 48.5 Å². The van der Waals surface area contributed by atoms with Gasteiger partial charge in [0.25, 0.3) is 5.91 Å². The maximum absolute atomic E-state index is 12.2. The van der Waals surface area contributed by atoms with E-state index in [1.54, 1.807) is 14.2 Å². The zero-order chi connectivity index (χ0) is 19.8. The number of benzene rings is 2. The summed E-state index contributed by atoms with van der Waals surface area (Å²) in [5.41, 5.74) is 2.21. The number of hydrogen-bond acceptors (Lipinski definition) is 6. The molecule has 0 aliphatic carbocycles.